The lowest BCUT2D eigenvalue weighted by Gasteiger charge is -2.11. The van der Waals surface area contributed by atoms with E-state index in [1.165, 1.54) is 6.07 Å². The maximum atomic E-state index is 12.9. The average Bonchev–Trinajstić information content (AvgIpc) is 3.05. The van der Waals surface area contributed by atoms with Crippen molar-refractivity contribution in [2.24, 2.45) is 0 Å². The Balaban J connectivity index is 1.45. The number of aromatic nitrogens is 4. The number of aromatic amines is 1. The monoisotopic (exact) mass is 437 g/mol. The molecule has 4 aromatic rings. The van der Waals surface area contributed by atoms with Gasteiger partial charge in [0, 0.05) is 16.6 Å². The Bertz CT molecular complexity index is 1230. The van der Waals surface area contributed by atoms with Gasteiger partial charge in [-0.3, -0.25) is 4.79 Å². The smallest absolute Gasteiger partial charge is 0.338 e. The predicted octanol–water partition coefficient (Wildman–Crippen LogP) is 4.91. The molecular weight excluding hydrogens is 427 g/mol. The van der Waals surface area contributed by atoms with Crippen LogP contribution < -0.4 is 5.32 Å². The van der Waals surface area contributed by atoms with Gasteiger partial charge >= 0.3 is 6.18 Å². The minimum absolute atomic E-state index is 0.00237. The molecule has 0 saturated carbocycles. The van der Waals surface area contributed by atoms with E-state index in [0.717, 1.165) is 34.8 Å². The maximum absolute atomic E-state index is 12.9. The van der Waals surface area contributed by atoms with E-state index in [4.69, 9.17) is 11.6 Å². The molecule has 0 aliphatic heterocycles. The fourth-order valence-electron chi connectivity index (χ4n) is 2.71. The fraction of sp³-hybridized carbons (Fsp3) is 0.111. The molecule has 0 radical (unpaired) electrons. The van der Waals surface area contributed by atoms with Gasteiger partial charge in [0.25, 0.3) is 0 Å². The van der Waals surface area contributed by atoms with Crippen LogP contribution >= 0.6 is 23.4 Å². The number of fused-ring (bicyclic) bond motifs is 3. The highest BCUT2D eigenvalue weighted by molar-refractivity contribution is 7.99. The summed E-state index contributed by atoms with van der Waals surface area (Å²) in [5, 5.41) is 11.3. The molecule has 2 heterocycles. The Hall–Kier alpha value is -2.85. The van der Waals surface area contributed by atoms with Crippen molar-refractivity contribution < 1.29 is 18.0 Å². The van der Waals surface area contributed by atoms with Crippen LogP contribution in [0.15, 0.2) is 47.6 Å². The van der Waals surface area contributed by atoms with Crippen LogP contribution in [-0.4, -0.2) is 31.8 Å². The molecule has 1 amide bonds. The number of H-pyrrole nitrogens is 1. The third-order valence-corrected chi connectivity index (χ3v) is 5.16. The number of rotatable bonds is 4. The molecule has 4 rings (SSSR count). The first-order valence-electron chi connectivity index (χ1n) is 8.22. The van der Waals surface area contributed by atoms with Gasteiger partial charge in [0.1, 0.15) is 5.52 Å². The highest BCUT2D eigenvalue weighted by Gasteiger charge is 2.33. The van der Waals surface area contributed by atoms with Gasteiger partial charge in [0.2, 0.25) is 11.1 Å². The summed E-state index contributed by atoms with van der Waals surface area (Å²) in [5.74, 6) is -0.608. The zero-order valence-corrected chi connectivity index (χ0v) is 16.0. The zero-order chi connectivity index (χ0) is 20.6. The van der Waals surface area contributed by atoms with Crippen LogP contribution in [0.25, 0.3) is 22.1 Å². The van der Waals surface area contributed by atoms with Gasteiger partial charge in [-0.1, -0.05) is 41.6 Å². The fourth-order valence-corrected chi connectivity index (χ4v) is 3.53. The van der Waals surface area contributed by atoms with Gasteiger partial charge in [0.05, 0.1) is 16.3 Å². The molecule has 0 atom stereocenters. The molecule has 29 heavy (non-hydrogen) atoms. The van der Waals surface area contributed by atoms with Crippen LogP contribution in [0.3, 0.4) is 0 Å². The third kappa shape index (κ3) is 4.13. The second kappa shape index (κ2) is 7.53. The number of hydrogen-bond acceptors (Lipinski definition) is 5. The number of carbonyl (C=O) groups excluding carboxylic acids is 1. The molecule has 2 N–H and O–H groups in total. The molecule has 11 heteroatoms. The number of nitrogens with zero attached hydrogens (tertiary/aromatic N) is 3. The Labute approximate surface area is 170 Å². The van der Waals surface area contributed by atoms with Crippen molar-refractivity contribution in [2.45, 2.75) is 11.3 Å². The average molecular weight is 438 g/mol. The lowest BCUT2D eigenvalue weighted by atomic mass is 10.2. The number of amides is 1. The normalized spacial score (nSPS) is 11.9. The van der Waals surface area contributed by atoms with Crippen molar-refractivity contribution in [1.29, 1.82) is 0 Å². The van der Waals surface area contributed by atoms with Crippen LogP contribution in [0.2, 0.25) is 5.02 Å². The number of anilines is 1. The Morgan fingerprint density at radius 2 is 1.97 bits per heavy atom. The molecule has 0 saturated heterocycles. The molecule has 0 aliphatic carbocycles. The first-order valence-corrected chi connectivity index (χ1v) is 9.58. The standard InChI is InChI=1S/C18H11ClF3N5OS/c19-12-6-5-9(7-11(12)18(20,21)22)23-14(28)8-29-17-25-16-15(26-27-17)10-3-1-2-4-13(10)24-16/h1-7H,8H2,(H,23,28)(H,24,25,27). The van der Waals surface area contributed by atoms with Crippen LogP contribution in [0.1, 0.15) is 5.56 Å². The van der Waals surface area contributed by atoms with E-state index >= 15 is 0 Å². The summed E-state index contributed by atoms with van der Waals surface area (Å²) < 4.78 is 38.7. The lowest BCUT2D eigenvalue weighted by molar-refractivity contribution is -0.137. The second-order valence-electron chi connectivity index (χ2n) is 5.99. The van der Waals surface area contributed by atoms with Gasteiger partial charge in [-0.05, 0) is 24.3 Å². The van der Waals surface area contributed by atoms with E-state index in [0.29, 0.717) is 11.2 Å². The van der Waals surface area contributed by atoms with Crippen molar-refractivity contribution in [3.63, 3.8) is 0 Å². The van der Waals surface area contributed by atoms with E-state index in [9.17, 15) is 18.0 Å². The summed E-state index contributed by atoms with van der Waals surface area (Å²) in [7, 11) is 0. The highest BCUT2D eigenvalue weighted by Crippen LogP contribution is 2.36. The molecular formula is C18H11ClF3N5OS. The largest absolute Gasteiger partial charge is 0.417 e. The van der Waals surface area contributed by atoms with E-state index < -0.39 is 22.7 Å². The lowest BCUT2D eigenvalue weighted by Crippen LogP contribution is -2.15. The summed E-state index contributed by atoms with van der Waals surface area (Å²) in [6, 6.07) is 10.7. The van der Waals surface area contributed by atoms with Crippen LogP contribution in [0, 0.1) is 0 Å². The van der Waals surface area contributed by atoms with Crippen molar-refractivity contribution in [1.82, 2.24) is 20.2 Å². The molecule has 6 nitrogen and oxygen atoms in total. The molecule has 2 aromatic carbocycles. The maximum Gasteiger partial charge on any atom is 0.417 e. The zero-order valence-electron chi connectivity index (χ0n) is 14.4. The number of thioether (sulfide) groups is 1. The van der Waals surface area contributed by atoms with Crippen molar-refractivity contribution in [2.75, 3.05) is 11.1 Å². The molecule has 0 bridgehead atoms. The first-order chi connectivity index (χ1) is 13.8. The number of nitrogens with one attached hydrogen (secondary N) is 2. The Morgan fingerprint density at radius 3 is 2.76 bits per heavy atom. The Kier molecular flexibility index (Phi) is 5.05. The third-order valence-electron chi connectivity index (χ3n) is 3.99. The van der Waals surface area contributed by atoms with E-state index in [2.05, 4.69) is 25.5 Å². The van der Waals surface area contributed by atoms with Crippen LogP contribution in [-0.2, 0) is 11.0 Å². The van der Waals surface area contributed by atoms with Gasteiger partial charge in [0.15, 0.2) is 5.65 Å². The van der Waals surface area contributed by atoms with E-state index in [-0.39, 0.29) is 16.6 Å². The number of halogens is 4. The molecule has 2 aromatic heterocycles. The summed E-state index contributed by atoms with van der Waals surface area (Å²) in [6.07, 6.45) is -4.61. The summed E-state index contributed by atoms with van der Waals surface area (Å²) in [4.78, 5) is 19.6. The molecule has 0 unspecified atom stereocenters. The van der Waals surface area contributed by atoms with Gasteiger partial charge in [-0.2, -0.15) is 13.2 Å². The molecule has 148 valence electrons. The summed E-state index contributed by atoms with van der Waals surface area (Å²) in [6.45, 7) is 0. The van der Waals surface area contributed by atoms with E-state index in [1.807, 2.05) is 24.3 Å². The van der Waals surface area contributed by atoms with Gasteiger partial charge < -0.3 is 10.3 Å². The summed E-state index contributed by atoms with van der Waals surface area (Å²) >= 11 is 6.59. The molecule has 0 spiro atoms. The van der Waals surface area contributed by atoms with Crippen molar-refractivity contribution in [3.8, 4) is 0 Å². The number of carbonyl (C=O) groups is 1. The minimum Gasteiger partial charge on any atom is -0.338 e. The summed E-state index contributed by atoms with van der Waals surface area (Å²) in [5.41, 5.74) is 1.01. The number of benzene rings is 2. The predicted molar refractivity (Wildman–Crippen MR) is 105 cm³/mol. The quantitative estimate of drug-likeness (QED) is 0.443. The minimum atomic E-state index is -4.61. The molecule has 0 aliphatic rings. The van der Waals surface area contributed by atoms with Crippen molar-refractivity contribution in [3.05, 3.63) is 53.1 Å². The number of alkyl halides is 3. The number of hydrogen-bond donors (Lipinski definition) is 2. The van der Waals surface area contributed by atoms with E-state index in [1.54, 1.807) is 0 Å². The van der Waals surface area contributed by atoms with Crippen LogP contribution in [0.5, 0.6) is 0 Å². The topological polar surface area (TPSA) is 83.6 Å². The highest BCUT2D eigenvalue weighted by atomic mass is 35.5. The Morgan fingerprint density at radius 1 is 1.17 bits per heavy atom. The second-order valence-corrected chi connectivity index (χ2v) is 7.34. The first kappa shape index (κ1) is 19.5. The molecule has 0 fully saturated rings. The van der Waals surface area contributed by atoms with Gasteiger partial charge in [-0.15, -0.1) is 10.2 Å². The van der Waals surface area contributed by atoms with Gasteiger partial charge in [-0.25, -0.2) is 4.98 Å². The number of para-hydroxylation sites is 1. The SMILES string of the molecule is O=C(CSc1nnc2c(n1)[nH]c1ccccc12)Nc1ccc(Cl)c(C(F)(F)F)c1. The van der Waals surface area contributed by atoms with Crippen molar-refractivity contribution >= 4 is 57.0 Å². The van der Waals surface area contributed by atoms with Crippen LogP contribution in [0.4, 0.5) is 18.9 Å².